The van der Waals surface area contributed by atoms with Gasteiger partial charge in [-0.15, -0.1) is 0 Å². The second kappa shape index (κ2) is 24.9. The number of carbonyl (C=O) groups excluding carboxylic acids is 5. The molecule has 2 N–H and O–H groups in total. The van der Waals surface area contributed by atoms with Crippen molar-refractivity contribution in [3.8, 4) is 0 Å². The first-order valence-corrected chi connectivity index (χ1v) is 20.7. The van der Waals surface area contributed by atoms with Gasteiger partial charge in [-0.25, -0.2) is 65.8 Å². The summed E-state index contributed by atoms with van der Waals surface area (Å²) in [6, 6.07) is -1.09. The molecule has 0 aromatic carbocycles. The Kier molecular flexibility index (Phi) is 19.7. The van der Waals surface area contributed by atoms with E-state index in [9.17, 15) is 57.8 Å². The van der Waals surface area contributed by atoms with Crippen molar-refractivity contribution < 1.29 is 67.3 Å². The Morgan fingerprint density at radius 1 is 0.493 bits per heavy atom. The molecule has 0 bridgehead atoms. The van der Waals surface area contributed by atoms with E-state index >= 15 is 0 Å². The predicted molar refractivity (Wildman–Crippen MR) is 222 cm³/mol. The van der Waals surface area contributed by atoms with Gasteiger partial charge in [-0.1, -0.05) is 6.92 Å². The lowest BCUT2D eigenvalue weighted by Gasteiger charge is -2.28. The van der Waals surface area contributed by atoms with Crippen LogP contribution < -0.4 is 34.1 Å². The summed E-state index contributed by atoms with van der Waals surface area (Å²) in [5.41, 5.74) is -6.95. The van der Waals surface area contributed by atoms with Gasteiger partial charge < -0.3 is 43.4 Å². The van der Waals surface area contributed by atoms with E-state index in [2.05, 4.69) is 4.74 Å². The molecule has 67 heavy (non-hydrogen) atoms. The third kappa shape index (κ3) is 12.3. The van der Waals surface area contributed by atoms with Crippen LogP contribution in [0, 0.1) is 5.92 Å². The van der Waals surface area contributed by atoms with Crippen LogP contribution in [0.1, 0.15) is 26.2 Å². The third-order valence-corrected chi connectivity index (χ3v) is 10.4. The number of aliphatic hydroxyl groups excluding tert-OH is 2. The molecule has 30 heteroatoms. The summed E-state index contributed by atoms with van der Waals surface area (Å²) in [6.07, 6.45) is -3.41. The Labute approximate surface area is 379 Å². The zero-order valence-electron chi connectivity index (χ0n) is 37.7. The van der Waals surface area contributed by atoms with Crippen molar-refractivity contribution in [2.45, 2.75) is 77.8 Å². The van der Waals surface area contributed by atoms with E-state index < -0.39 is 162 Å². The average Bonchev–Trinajstić information content (AvgIpc) is 3.72. The van der Waals surface area contributed by atoms with E-state index in [1.165, 1.54) is 40.9 Å². The highest BCUT2D eigenvalue weighted by atomic mass is 16.5. The van der Waals surface area contributed by atoms with E-state index in [4.69, 9.17) is 33.5 Å². The first-order chi connectivity index (χ1) is 32.0. The highest BCUT2D eigenvalue weighted by Gasteiger charge is 2.59. The summed E-state index contributed by atoms with van der Waals surface area (Å²) < 4.78 is 39.5. The van der Waals surface area contributed by atoms with E-state index in [1.54, 1.807) is 6.92 Å². The van der Waals surface area contributed by atoms with Crippen molar-refractivity contribution in [1.29, 1.82) is 0 Å². The van der Waals surface area contributed by atoms with Gasteiger partial charge in [0.15, 0.2) is 12.3 Å². The van der Waals surface area contributed by atoms with Crippen molar-refractivity contribution in [2.24, 2.45) is 5.92 Å². The number of hydrogen-bond acceptors (Lipinski definition) is 20. The number of rotatable bonds is 28. The lowest BCUT2D eigenvalue weighted by molar-refractivity contribution is -0.145. The number of methoxy groups -OCH3 is 4. The molecule has 0 saturated carbocycles. The lowest BCUT2D eigenvalue weighted by Crippen LogP contribution is -2.55. The molecule has 2 aromatic rings. The summed E-state index contributed by atoms with van der Waals surface area (Å²) in [4.78, 5) is 149. The standard InChI is InChI=1S/C37H56N10O20/c1-24(18-49)19-67-27(52)8-11-40-31(54)38(9-6-25(50)64-5)30(53)39(32(40)55)10-7-26(51)66-17-14-43-34(57)41(12-15-48)33(56)42(35(43)58)13-16-65-23-47-29-28(45(21-62-3)37(47)60)44(20-61-2)36(59)46(29)22-63-4/h24,28-29,48-49H,6-23H2,1-5H3. The van der Waals surface area contributed by atoms with Gasteiger partial charge in [0.2, 0.25) is 0 Å². The zero-order valence-corrected chi connectivity index (χ0v) is 37.7. The molecule has 4 amide bonds. The molecule has 0 spiro atoms. The smallest absolute Gasteiger partial charge is 0.336 e. The normalized spacial score (nSPS) is 16.2. The Balaban J connectivity index is 1.47. The number of urea groups is 2. The summed E-state index contributed by atoms with van der Waals surface area (Å²) in [6.45, 7) is -4.90. The number of hydrogen-bond donors (Lipinski definition) is 2. The molecule has 4 heterocycles. The van der Waals surface area contributed by atoms with E-state index in [0.29, 0.717) is 27.4 Å². The fourth-order valence-electron chi connectivity index (χ4n) is 7.03. The van der Waals surface area contributed by atoms with Crippen LogP contribution in [0.3, 0.4) is 0 Å². The van der Waals surface area contributed by atoms with Gasteiger partial charge in [0, 0.05) is 53.5 Å². The van der Waals surface area contributed by atoms with Crippen LogP contribution in [-0.2, 0) is 86.8 Å². The molecular formula is C37H56N10O20. The molecule has 2 aromatic heterocycles. The maximum absolute atomic E-state index is 13.5. The number of aliphatic hydroxyl groups is 2. The lowest BCUT2D eigenvalue weighted by atomic mass is 10.2. The number of fused-ring (bicyclic) bond motifs is 1. The SMILES string of the molecule is COCN1C(=O)N(COC)C2C1N(COC)C(=O)N2COCCn1c(=O)n(CCO)c(=O)n(CCOC(=O)CCn2c(=O)n(CCC(=O)OC)c(=O)n(CCC(=O)OCC(C)CO)c2=O)c1=O. The first-order valence-electron chi connectivity index (χ1n) is 20.7. The fourth-order valence-corrected chi connectivity index (χ4v) is 7.03. The van der Waals surface area contributed by atoms with Crippen LogP contribution in [0.5, 0.6) is 0 Å². The van der Waals surface area contributed by atoms with Gasteiger partial charge in [0.25, 0.3) is 0 Å². The molecule has 3 unspecified atom stereocenters. The first kappa shape index (κ1) is 53.1. The van der Waals surface area contributed by atoms with Gasteiger partial charge in [-0.05, 0) is 0 Å². The quantitative estimate of drug-likeness (QED) is 0.0456. The van der Waals surface area contributed by atoms with Crippen molar-refractivity contribution >= 4 is 30.0 Å². The summed E-state index contributed by atoms with van der Waals surface area (Å²) >= 11 is 0. The number of nitrogens with zero attached hydrogens (tertiary/aromatic N) is 10. The maximum atomic E-state index is 13.5. The van der Waals surface area contributed by atoms with Gasteiger partial charge >= 0.3 is 64.1 Å². The second-order valence-electron chi connectivity index (χ2n) is 14.9. The Hall–Kier alpha value is -6.47. The molecule has 0 aliphatic carbocycles. The highest BCUT2D eigenvalue weighted by Crippen LogP contribution is 2.34. The molecule has 4 rings (SSSR count). The molecule has 374 valence electrons. The number of amides is 4. The van der Waals surface area contributed by atoms with Crippen LogP contribution in [0.15, 0.2) is 28.8 Å². The van der Waals surface area contributed by atoms with E-state index in [-0.39, 0.29) is 39.3 Å². The molecule has 30 nitrogen and oxygen atoms in total. The van der Waals surface area contributed by atoms with Gasteiger partial charge in [0.1, 0.15) is 33.5 Å². The van der Waals surface area contributed by atoms with E-state index in [0.717, 1.165) is 7.11 Å². The van der Waals surface area contributed by atoms with Crippen LogP contribution >= 0.6 is 0 Å². The molecule has 2 aliphatic rings. The second-order valence-corrected chi connectivity index (χ2v) is 14.9. The highest BCUT2D eigenvalue weighted by molar-refractivity contribution is 5.85. The minimum Gasteiger partial charge on any atom is -0.469 e. The Morgan fingerprint density at radius 3 is 1.24 bits per heavy atom. The average molecular weight is 961 g/mol. The number of esters is 3. The van der Waals surface area contributed by atoms with Crippen LogP contribution in [0.2, 0.25) is 0 Å². The van der Waals surface area contributed by atoms with Crippen molar-refractivity contribution in [2.75, 3.05) is 88.4 Å². The van der Waals surface area contributed by atoms with Gasteiger partial charge in [-0.3, -0.25) is 34.0 Å². The van der Waals surface area contributed by atoms with Crippen molar-refractivity contribution in [3.63, 3.8) is 0 Å². The molecule has 3 atom stereocenters. The van der Waals surface area contributed by atoms with Crippen LogP contribution in [-0.4, -0.2) is 188 Å². The number of aromatic nitrogens is 6. The molecule has 2 fully saturated rings. The van der Waals surface area contributed by atoms with Crippen molar-refractivity contribution in [3.05, 3.63) is 62.9 Å². The maximum Gasteiger partial charge on any atom is 0.336 e. The molecule has 2 aliphatic heterocycles. The summed E-state index contributed by atoms with van der Waals surface area (Å²) in [7, 11) is 5.18. The molecule has 2 saturated heterocycles. The minimum absolute atomic E-state index is 0.141. The summed E-state index contributed by atoms with van der Waals surface area (Å²) in [5.74, 6) is -3.04. The topological polar surface area (TPSA) is 335 Å². The monoisotopic (exact) mass is 960 g/mol. The predicted octanol–water partition coefficient (Wildman–Crippen LogP) is -5.68. The van der Waals surface area contributed by atoms with Crippen LogP contribution in [0.4, 0.5) is 9.59 Å². The number of ether oxygens (including phenoxy) is 7. The largest absolute Gasteiger partial charge is 0.469 e. The Morgan fingerprint density at radius 2 is 0.851 bits per heavy atom. The van der Waals surface area contributed by atoms with Gasteiger partial charge in [-0.2, -0.15) is 0 Å². The third-order valence-electron chi connectivity index (χ3n) is 10.4. The van der Waals surface area contributed by atoms with Crippen molar-refractivity contribution in [1.82, 2.24) is 47.0 Å². The minimum atomic E-state index is -1.20. The zero-order chi connectivity index (χ0) is 49.5. The molecular weight excluding hydrogens is 904 g/mol. The van der Waals surface area contributed by atoms with Gasteiger partial charge in [0.05, 0.1) is 65.8 Å². The Bertz CT molecular complexity index is 2450. The van der Waals surface area contributed by atoms with E-state index in [1.807, 2.05) is 0 Å². The summed E-state index contributed by atoms with van der Waals surface area (Å²) in [5, 5.41) is 18.8. The molecule has 0 radical (unpaired) electrons. The number of carbonyl (C=O) groups is 5. The van der Waals surface area contributed by atoms with Crippen LogP contribution in [0.25, 0.3) is 0 Å². The fraction of sp³-hybridized carbons (Fsp3) is 0.703.